The van der Waals surface area contributed by atoms with Crippen LogP contribution in [0.5, 0.6) is 0 Å². The van der Waals surface area contributed by atoms with Gasteiger partial charge in [-0.05, 0) is 30.5 Å². The highest BCUT2D eigenvalue weighted by atomic mass is 16.5. The van der Waals surface area contributed by atoms with Crippen molar-refractivity contribution in [3.05, 3.63) is 53.5 Å². The standard InChI is InChI=1S/C20H26N4O2/c1-14-4-5-16(8-15(14)2)9-23-20(25)18-12-24(11-17(18)13-26-3)19-10-21-6-7-22-19/h4-8,10,17-18H,9,11-13H2,1-3H3,(H,23,25)/t17-,18+/m0/s1. The van der Waals surface area contributed by atoms with E-state index in [1.807, 2.05) is 0 Å². The number of nitrogens with zero attached hydrogens (tertiary/aromatic N) is 3. The molecule has 1 amide bonds. The summed E-state index contributed by atoms with van der Waals surface area (Å²) in [6.07, 6.45) is 5.06. The van der Waals surface area contributed by atoms with Crippen LogP contribution in [0.4, 0.5) is 5.82 Å². The molecule has 2 aromatic rings. The number of hydrogen-bond donors (Lipinski definition) is 1. The van der Waals surface area contributed by atoms with E-state index in [4.69, 9.17) is 4.74 Å². The zero-order valence-electron chi connectivity index (χ0n) is 15.6. The van der Waals surface area contributed by atoms with Gasteiger partial charge in [-0.25, -0.2) is 4.98 Å². The van der Waals surface area contributed by atoms with E-state index in [2.05, 4.69) is 52.2 Å². The van der Waals surface area contributed by atoms with E-state index in [1.165, 1.54) is 11.1 Å². The molecular formula is C20H26N4O2. The predicted octanol–water partition coefficient (Wildman–Crippen LogP) is 2.11. The van der Waals surface area contributed by atoms with Gasteiger partial charge >= 0.3 is 0 Å². The summed E-state index contributed by atoms with van der Waals surface area (Å²) in [5.41, 5.74) is 3.62. The molecule has 0 aliphatic carbocycles. The molecule has 1 aliphatic heterocycles. The van der Waals surface area contributed by atoms with Crippen molar-refractivity contribution in [1.82, 2.24) is 15.3 Å². The highest BCUT2D eigenvalue weighted by Gasteiger charge is 2.38. The Bertz CT molecular complexity index is 751. The van der Waals surface area contributed by atoms with Crippen LogP contribution in [-0.4, -0.2) is 42.7 Å². The highest BCUT2D eigenvalue weighted by Crippen LogP contribution is 2.27. The van der Waals surface area contributed by atoms with Crippen LogP contribution in [-0.2, 0) is 16.1 Å². The Kier molecular flexibility index (Phi) is 5.83. The molecule has 0 saturated carbocycles. The molecule has 0 unspecified atom stereocenters. The van der Waals surface area contributed by atoms with Crippen molar-refractivity contribution in [3.8, 4) is 0 Å². The summed E-state index contributed by atoms with van der Waals surface area (Å²) in [7, 11) is 1.68. The van der Waals surface area contributed by atoms with Crippen LogP contribution in [0.3, 0.4) is 0 Å². The van der Waals surface area contributed by atoms with Gasteiger partial charge in [-0.2, -0.15) is 0 Å². The molecule has 0 radical (unpaired) electrons. The van der Waals surface area contributed by atoms with Crippen molar-refractivity contribution in [3.63, 3.8) is 0 Å². The third kappa shape index (κ3) is 4.19. The molecule has 1 aromatic heterocycles. The van der Waals surface area contributed by atoms with Gasteiger partial charge in [-0.15, -0.1) is 0 Å². The predicted molar refractivity (Wildman–Crippen MR) is 101 cm³/mol. The van der Waals surface area contributed by atoms with E-state index in [0.717, 1.165) is 17.9 Å². The molecular weight excluding hydrogens is 328 g/mol. The first-order valence-electron chi connectivity index (χ1n) is 8.92. The lowest BCUT2D eigenvalue weighted by atomic mass is 9.96. The van der Waals surface area contributed by atoms with Crippen LogP contribution in [0, 0.1) is 25.7 Å². The summed E-state index contributed by atoms with van der Waals surface area (Å²) >= 11 is 0. The second kappa shape index (κ2) is 8.27. The molecule has 138 valence electrons. The molecule has 0 spiro atoms. The first-order valence-corrected chi connectivity index (χ1v) is 8.92. The van der Waals surface area contributed by atoms with Crippen LogP contribution in [0.1, 0.15) is 16.7 Å². The van der Waals surface area contributed by atoms with Crippen molar-refractivity contribution in [2.24, 2.45) is 11.8 Å². The number of anilines is 1. The van der Waals surface area contributed by atoms with Crippen LogP contribution in [0.15, 0.2) is 36.8 Å². The Morgan fingerprint density at radius 2 is 2.12 bits per heavy atom. The molecule has 1 N–H and O–H groups in total. The number of methoxy groups -OCH3 is 1. The van der Waals surface area contributed by atoms with Gasteiger partial charge in [-0.1, -0.05) is 18.2 Å². The largest absolute Gasteiger partial charge is 0.384 e. The Hall–Kier alpha value is -2.47. The number of nitrogens with one attached hydrogen (secondary N) is 1. The van der Waals surface area contributed by atoms with Crippen molar-refractivity contribution in [1.29, 1.82) is 0 Å². The fourth-order valence-electron chi connectivity index (χ4n) is 3.43. The van der Waals surface area contributed by atoms with E-state index >= 15 is 0 Å². The highest BCUT2D eigenvalue weighted by molar-refractivity contribution is 5.80. The number of benzene rings is 1. The first kappa shape index (κ1) is 18.3. The fraction of sp³-hybridized carbons (Fsp3) is 0.450. The molecule has 2 heterocycles. The molecule has 3 rings (SSSR count). The Morgan fingerprint density at radius 1 is 1.27 bits per heavy atom. The van der Waals surface area contributed by atoms with Crippen LogP contribution in [0.2, 0.25) is 0 Å². The second-order valence-electron chi connectivity index (χ2n) is 6.93. The van der Waals surface area contributed by atoms with Crippen molar-refractivity contribution >= 4 is 11.7 Å². The average Bonchev–Trinajstić information content (AvgIpc) is 3.07. The van der Waals surface area contributed by atoms with Gasteiger partial charge in [0.1, 0.15) is 5.82 Å². The van der Waals surface area contributed by atoms with Crippen LogP contribution < -0.4 is 10.2 Å². The summed E-state index contributed by atoms with van der Waals surface area (Å²) in [6, 6.07) is 6.29. The number of amides is 1. The van der Waals surface area contributed by atoms with Crippen molar-refractivity contribution in [2.75, 3.05) is 31.7 Å². The number of aromatic nitrogens is 2. The number of rotatable bonds is 6. The van der Waals surface area contributed by atoms with Gasteiger partial charge < -0.3 is 15.0 Å². The third-order valence-corrected chi connectivity index (χ3v) is 5.07. The summed E-state index contributed by atoms with van der Waals surface area (Å²) in [6.45, 7) is 6.65. The molecule has 1 aliphatic rings. The number of carbonyl (C=O) groups excluding carboxylic acids is 1. The maximum Gasteiger partial charge on any atom is 0.225 e. The zero-order chi connectivity index (χ0) is 18.5. The lowest BCUT2D eigenvalue weighted by Crippen LogP contribution is -2.36. The summed E-state index contributed by atoms with van der Waals surface area (Å²) in [5.74, 6) is 0.889. The van der Waals surface area contributed by atoms with Crippen LogP contribution >= 0.6 is 0 Å². The van der Waals surface area contributed by atoms with E-state index in [-0.39, 0.29) is 17.7 Å². The maximum absolute atomic E-state index is 12.8. The average molecular weight is 354 g/mol. The van der Waals surface area contributed by atoms with Crippen molar-refractivity contribution in [2.45, 2.75) is 20.4 Å². The van der Waals surface area contributed by atoms with E-state index in [0.29, 0.717) is 19.7 Å². The minimum atomic E-state index is -0.122. The topological polar surface area (TPSA) is 67.3 Å². The molecule has 1 aromatic carbocycles. The number of carbonyl (C=O) groups is 1. The Morgan fingerprint density at radius 3 is 2.81 bits per heavy atom. The second-order valence-corrected chi connectivity index (χ2v) is 6.93. The van der Waals surface area contributed by atoms with E-state index in [9.17, 15) is 4.79 Å². The Labute approximate surface area is 154 Å². The quantitative estimate of drug-likeness (QED) is 0.861. The smallest absolute Gasteiger partial charge is 0.225 e. The molecule has 26 heavy (non-hydrogen) atoms. The maximum atomic E-state index is 12.8. The number of hydrogen-bond acceptors (Lipinski definition) is 5. The van der Waals surface area contributed by atoms with Gasteiger partial charge in [0.05, 0.1) is 18.7 Å². The van der Waals surface area contributed by atoms with Gasteiger partial charge in [0, 0.05) is 45.1 Å². The molecule has 6 heteroatoms. The van der Waals surface area contributed by atoms with Gasteiger partial charge in [0.15, 0.2) is 0 Å². The molecule has 0 bridgehead atoms. The monoisotopic (exact) mass is 354 g/mol. The Balaban J connectivity index is 1.65. The number of aryl methyl sites for hydroxylation is 2. The van der Waals surface area contributed by atoms with E-state index in [1.54, 1.807) is 25.7 Å². The van der Waals surface area contributed by atoms with Gasteiger partial charge in [-0.3, -0.25) is 9.78 Å². The lowest BCUT2D eigenvalue weighted by Gasteiger charge is -2.17. The van der Waals surface area contributed by atoms with Gasteiger partial charge in [0.2, 0.25) is 5.91 Å². The SMILES string of the molecule is COC[C@@H]1CN(c2cnccn2)C[C@H]1C(=O)NCc1ccc(C)c(C)c1. The van der Waals surface area contributed by atoms with Crippen molar-refractivity contribution < 1.29 is 9.53 Å². The summed E-state index contributed by atoms with van der Waals surface area (Å²) < 4.78 is 5.34. The third-order valence-electron chi connectivity index (χ3n) is 5.07. The minimum Gasteiger partial charge on any atom is -0.384 e. The van der Waals surface area contributed by atoms with Crippen LogP contribution in [0.25, 0.3) is 0 Å². The lowest BCUT2D eigenvalue weighted by molar-refractivity contribution is -0.126. The molecule has 1 fully saturated rings. The normalized spacial score (nSPS) is 19.6. The summed E-state index contributed by atoms with van der Waals surface area (Å²) in [5, 5.41) is 3.09. The molecule has 2 atom stereocenters. The molecule has 1 saturated heterocycles. The van der Waals surface area contributed by atoms with Gasteiger partial charge in [0.25, 0.3) is 0 Å². The summed E-state index contributed by atoms with van der Waals surface area (Å²) in [4.78, 5) is 23.4. The fourth-order valence-corrected chi connectivity index (χ4v) is 3.43. The molecule has 6 nitrogen and oxygen atoms in total. The van der Waals surface area contributed by atoms with E-state index < -0.39 is 0 Å². The zero-order valence-corrected chi connectivity index (χ0v) is 15.6. The minimum absolute atomic E-state index is 0.0664. The number of ether oxygens (including phenoxy) is 1. The first-order chi connectivity index (χ1) is 12.6.